The summed E-state index contributed by atoms with van der Waals surface area (Å²) in [5.74, 6) is 0.0245. The average molecular weight is 220 g/mol. The lowest BCUT2D eigenvalue weighted by molar-refractivity contribution is -0.123. The molecule has 0 aliphatic rings. The van der Waals surface area contributed by atoms with Gasteiger partial charge in [-0.25, -0.2) is 0 Å². The second kappa shape index (κ2) is 5.66. The third kappa shape index (κ3) is 3.35. The number of benzene rings is 1. The van der Waals surface area contributed by atoms with E-state index in [2.05, 4.69) is 16.7 Å². The van der Waals surface area contributed by atoms with Crippen LogP contribution in [-0.4, -0.2) is 19.0 Å². The molecule has 1 aromatic carbocycles. The highest BCUT2D eigenvalue weighted by molar-refractivity contribution is 5.81. The second-order valence-corrected chi connectivity index (χ2v) is 4.15. The van der Waals surface area contributed by atoms with Crippen LogP contribution in [0.25, 0.3) is 0 Å². The molecule has 0 spiro atoms. The van der Waals surface area contributed by atoms with Crippen molar-refractivity contribution in [3.05, 3.63) is 35.4 Å². The van der Waals surface area contributed by atoms with Crippen LogP contribution < -0.4 is 10.6 Å². The first-order chi connectivity index (χ1) is 7.54. The van der Waals surface area contributed by atoms with Gasteiger partial charge in [0.2, 0.25) is 5.91 Å². The van der Waals surface area contributed by atoms with Gasteiger partial charge in [-0.2, -0.15) is 0 Å². The summed E-state index contributed by atoms with van der Waals surface area (Å²) in [4.78, 5) is 11.7. The third-order valence-corrected chi connectivity index (χ3v) is 2.73. The standard InChI is InChI=1S/C13H20N2O/c1-9-6-5-7-12(8-9)10(2)15-13(16)11(3)14-4/h5-8,10-11,14H,1-4H3,(H,15,16)/t10-,11?/m1/s1. The van der Waals surface area contributed by atoms with E-state index in [4.69, 9.17) is 0 Å². The van der Waals surface area contributed by atoms with Gasteiger partial charge in [0.25, 0.3) is 0 Å². The fourth-order valence-corrected chi connectivity index (χ4v) is 1.49. The monoisotopic (exact) mass is 220 g/mol. The lowest BCUT2D eigenvalue weighted by atomic mass is 10.1. The van der Waals surface area contributed by atoms with Crippen molar-refractivity contribution in [2.45, 2.75) is 32.9 Å². The van der Waals surface area contributed by atoms with Gasteiger partial charge in [-0.1, -0.05) is 29.8 Å². The number of hydrogen-bond acceptors (Lipinski definition) is 2. The molecule has 0 radical (unpaired) electrons. The summed E-state index contributed by atoms with van der Waals surface area (Å²) in [6.07, 6.45) is 0. The smallest absolute Gasteiger partial charge is 0.237 e. The van der Waals surface area contributed by atoms with Crippen molar-refractivity contribution < 1.29 is 4.79 Å². The van der Waals surface area contributed by atoms with Gasteiger partial charge >= 0.3 is 0 Å². The number of carbonyl (C=O) groups is 1. The Hall–Kier alpha value is -1.35. The molecule has 3 nitrogen and oxygen atoms in total. The van der Waals surface area contributed by atoms with E-state index >= 15 is 0 Å². The maximum atomic E-state index is 11.7. The zero-order valence-corrected chi connectivity index (χ0v) is 10.4. The number of nitrogens with one attached hydrogen (secondary N) is 2. The summed E-state index contributed by atoms with van der Waals surface area (Å²) in [5.41, 5.74) is 2.34. The van der Waals surface area contributed by atoms with Gasteiger partial charge in [0, 0.05) is 0 Å². The highest BCUT2D eigenvalue weighted by Crippen LogP contribution is 2.13. The molecule has 0 fully saturated rings. The molecule has 0 bridgehead atoms. The van der Waals surface area contributed by atoms with E-state index in [-0.39, 0.29) is 18.0 Å². The van der Waals surface area contributed by atoms with E-state index in [9.17, 15) is 4.79 Å². The van der Waals surface area contributed by atoms with Crippen LogP contribution in [0.4, 0.5) is 0 Å². The molecule has 1 amide bonds. The molecule has 3 heteroatoms. The predicted molar refractivity (Wildman–Crippen MR) is 66.3 cm³/mol. The Balaban J connectivity index is 2.65. The quantitative estimate of drug-likeness (QED) is 0.812. The number of carbonyl (C=O) groups excluding carboxylic acids is 1. The third-order valence-electron chi connectivity index (χ3n) is 2.73. The molecule has 2 atom stereocenters. The van der Waals surface area contributed by atoms with Gasteiger partial charge in [0.1, 0.15) is 0 Å². The first-order valence-electron chi connectivity index (χ1n) is 5.58. The molecule has 1 rings (SSSR count). The minimum Gasteiger partial charge on any atom is -0.348 e. The lowest BCUT2D eigenvalue weighted by Crippen LogP contribution is -2.41. The van der Waals surface area contributed by atoms with Crippen molar-refractivity contribution in [1.82, 2.24) is 10.6 Å². The first-order valence-corrected chi connectivity index (χ1v) is 5.58. The molecule has 1 unspecified atom stereocenters. The number of hydrogen-bond donors (Lipinski definition) is 2. The summed E-state index contributed by atoms with van der Waals surface area (Å²) in [7, 11) is 1.78. The Morgan fingerprint density at radius 1 is 1.31 bits per heavy atom. The fourth-order valence-electron chi connectivity index (χ4n) is 1.49. The summed E-state index contributed by atoms with van der Waals surface area (Å²) in [5, 5.41) is 5.89. The molecule has 0 aliphatic carbocycles. The largest absolute Gasteiger partial charge is 0.348 e. The molecule has 88 valence electrons. The van der Waals surface area contributed by atoms with Crippen LogP contribution in [0.15, 0.2) is 24.3 Å². The van der Waals surface area contributed by atoms with Gasteiger partial charge in [-0.3, -0.25) is 4.79 Å². The molecule has 0 heterocycles. The second-order valence-electron chi connectivity index (χ2n) is 4.15. The highest BCUT2D eigenvalue weighted by atomic mass is 16.2. The number of likely N-dealkylation sites (N-methyl/N-ethyl adjacent to an activating group) is 1. The molecular weight excluding hydrogens is 200 g/mol. The normalized spacial score (nSPS) is 14.2. The van der Waals surface area contributed by atoms with Crippen LogP contribution >= 0.6 is 0 Å². The lowest BCUT2D eigenvalue weighted by Gasteiger charge is -2.17. The van der Waals surface area contributed by atoms with E-state index < -0.39 is 0 Å². The van der Waals surface area contributed by atoms with Crippen molar-refractivity contribution in [2.75, 3.05) is 7.05 Å². The molecule has 2 N–H and O–H groups in total. The molecule has 0 aromatic heterocycles. The minimum atomic E-state index is -0.160. The summed E-state index contributed by atoms with van der Waals surface area (Å²) in [6.45, 7) is 5.89. The number of amides is 1. The molecule has 0 saturated heterocycles. The van der Waals surface area contributed by atoms with Crippen molar-refractivity contribution in [2.24, 2.45) is 0 Å². The molecular formula is C13H20N2O. The van der Waals surface area contributed by atoms with Crippen LogP contribution in [0.5, 0.6) is 0 Å². The molecule has 0 saturated carbocycles. The van der Waals surface area contributed by atoms with Crippen LogP contribution in [0.1, 0.15) is 31.0 Å². The van der Waals surface area contributed by atoms with Crippen molar-refractivity contribution in [1.29, 1.82) is 0 Å². The Morgan fingerprint density at radius 3 is 2.56 bits per heavy atom. The fraction of sp³-hybridized carbons (Fsp3) is 0.462. The van der Waals surface area contributed by atoms with Crippen LogP contribution in [-0.2, 0) is 4.79 Å². The Labute approximate surface area is 97.2 Å². The molecule has 16 heavy (non-hydrogen) atoms. The van der Waals surface area contributed by atoms with Gasteiger partial charge in [0.15, 0.2) is 0 Å². The summed E-state index contributed by atoms with van der Waals surface area (Å²) in [6, 6.07) is 8.07. The Morgan fingerprint density at radius 2 is 2.00 bits per heavy atom. The van der Waals surface area contributed by atoms with Gasteiger partial charge in [-0.15, -0.1) is 0 Å². The Kier molecular flexibility index (Phi) is 4.50. The van der Waals surface area contributed by atoms with Crippen molar-refractivity contribution in [3.63, 3.8) is 0 Å². The average Bonchev–Trinajstić information content (AvgIpc) is 2.27. The first kappa shape index (κ1) is 12.7. The van der Waals surface area contributed by atoms with Crippen molar-refractivity contribution >= 4 is 5.91 Å². The minimum absolute atomic E-state index is 0.0245. The van der Waals surface area contributed by atoms with E-state index in [1.54, 1.807) is 7.05 Å². The number of aryl methyl sites for hydroxylation is 1. The van der Waals surface area contributed by atoms with Crippen LogP contribution in [0, 0.1) is 6.92 Å². The zero-order valence-electron chi connectivity index (χ0n) is 10.4. The zero-order chi connectivity index (χ0) is 12.1. The topological polar surface area (TPSA) is 41.1 Å². The summed E-state index contributed by atoms with van der Waals surface area (Å²) >= 11 is 0. The molecule has 1 aromatic rings. The maximum Gasteiger partial charge on any atom is 0.237 e. The Bertz CT molecular complexity index is 363. The van der Waals surface area contributed by atoms with Gasteiger partial charge in [-0.05, 0) is 33.4 Å². The van der Waals surface area contributed by atoms with Gasteiger partial charge < -0.3 is 10.6 Å². The van der Waals surface area contributed by atoms with E-state index in [1.807, 2.05) is 39.0 Å². The SMILES string of the molecule is CNC(C)C(=O)N[C@H](C)c1cccc(C)c1. The van der Waals surface area contributed by atoms with Crippen LogP contribution in [0.3, 0.4) is 0 Å². The van der Waals surface area contributed by atoms with E-state index in [1.165, 1.54) is 5.56 Å². The van der Waals surface area contributed by atoms with E-state index in [0.29, 0.717) is 0 Å². The highest BCUT2D eigenvalue weighted by Gasteiger charge is 2.13. The predicted octanol–water partition coefficient (Wildman–Crippen LogP) is 1.78. The van der Waals surface area contributed by atoms with E-state index in [0.717, 1.165) is 5.56 Å². The molecule has 0 aliphatic heterocycles. The van der Waals surface area contributed by atoms with Crippen LogP contribution in [0.2, 0.25) is 0 Å². The summed E-state index contributed by atoms with van der Waals surface area (Å²) < 4.78 is 0. The maximum absolute atomic E-state index is 11.7. The van der Waals surface area contributed by atoms with Crippen molar-refractivity contribution in [3.8, 4) is 0 Å². The number of rotatable bonds is 4. The van der Waals surface area contributed by atoms with Gasteiger partial charge in [0.05, 0.1) is 12.1 Å².